The van der Waals surface area contributed by atoms with Crippen LogP contribution in [-0.4, -0.2) is 43.3 Å². The van der Waals surface area contributed by atoms with E-state index < -0.39 is 11.9 Å². The second-order valence-electron chi connectivity index (χ2n) is 5.85. The molecule has 132 valence electrons. The van der Waals surface area contributed by atoms with Gasteiger partial charge in [0, 0.05) is 30.3 Å². The van der Waals surface area contributed by atoms with Crippen LogP contribution in [0, 0.1) is 18.8 Å². The van der Waals surface area contributed by atoms with Crippen LogP contribution in [0.2, 0.25) is 5.02 Å². The standard InChI is InChI=1S/C17H22ClNO5/c1-11-14(18)3-2-4-15(11)24-10-16(20)19-9-13(17(21)22)12-5-7-23-8-6-12/h2-4,12-13H,5-10H2,1H3,(H,19,20)(H,21,22). The highest BCUT2D eigenvalue weighted by Crippen LogP contribution is 2.25. The van der Waals surface area contributed by atoms with Gasteiger partial charge < -0.3 is 19.9 Å². The Balaban J connectivity index is 1.82. The molecule has 7 heteroatoms. The van der Waals surface area contributed by atoms with Crippen molar-refractivity contribution >= 4 is 23.5 Å². The summed E-state index contributed by atoms with van der Waals surface area (Å²) in [6.07, 6.45) is 1.40. The topological polar surface area (TPSA) is 84.9 Å². The van der Waals surface area contributed by atoms with Gasteiger partial charge in [0.2, 0.25) is 0 Å². The summed E-state index contributed by atoms with van der Waals surface area (Å²) in [6, 6.07) is 5.22. The minimum Gasteiger partial charge on any atom is -0.483 e. The number of carboxylic acid groups (broad SMARTS) is 1. The molecule has 0 aliphatic carbocycles. The maximum Gasteiger partial charge on any atom is 0.308 e. The third-order valence-corrected chi connectivity index (χ3v) is 4.66. The molecule has 2 N–H and O–H groups in total. The lowest BCUT2D eigenvalue weighted by Gasteiger charge is -2.27. The summed E-state index contributed by atoms with van der Waals surface area (Å²) in [4.78, 5) is 23.4. The normalized spacial score (nSPS) is 16.4. The number of carboxylic acids is 1. The summed E-state index contributed by atoms with van der Waals surface area (Å²) in [6.45, 7) is 2.86. The van der Waals surface area contributed by atoms with Crippen LogP contribution in [0.5, 0.6) is 5.75 Å². The van der Waals surface area contributed by atoms with Gasteiger partial charge in [-0.3, -0.25) is 9.59 Å². The second-order valence-corrected chi connectivity index (χ2v) is 6.26. The molecular weight excluding hydrogens is 334 g/mol. The molecular formula is C17H22ClNO5. The molecule has 1 heterocycles. The summed E-state index contributed by atoms with van der Waals surface area (Å²) in [5, 5.41) is 12.6. The monoisotopic (exact) mass is 355 g/mol. The number of carbonyl (C=O) groups excluding carboxylic acids is 1. The van der Waals surface area contributed by atoms with Gasteiger partial charge in [0.25, 0.3) is 5.91 Å². The van der Waals surface area contributed by atoms with Crippen molar-refractivity contribution in [2.45, 2.75) is 19.8 Å². The van der Waals surface area contributed by atoms with E-state index in [1.54, 1.807) is 25.1 Å². The van der Waals surface area contributed by atoms with E-state index in [1.165, 1.54) is 0 Å². The molecule has 1 amide bonds. The lowest BCUT2D eigenvalue weighted by atomic mass is 9.86. The molecule has 0 radical (unpaired) electrons. The molecule has 1 aliphatic rings. The molecule has 2 rings (SSSR count). The average Bonchev–Trinajstić information content (AvgIpc) is 2.57. The zero-order chi connectivity index (χ0) is 17.5. The molecule has 1 unspecified atom stereocenters. The van der Waals surface area contributed by atoms with Crippen LogP contribution in [0.25, 0.3) is 0 Å². The van der Waals surface area contributed by atoms with Gasteiger partial charge in [0.1, 0.15) is 5.75 Å². The Labute approximate surface area is 146 Å². The van der Waals surface area contributed by atoms with Crippen molar-refractivity contribution in [1.82, 2.24) is 5.32 Å². The Bertz CT molecular complexity index is 586. The predicted molar refractivity (Wildman–Crippen MR) is 89.4 cm³/mol. The molecule has 0 saturated carbocycles. The van der Waals surface area contributed by atoms with E-state index >= 15 is 0 Å². The molecule has 1 aromatic carbocycles. The highest BCUT2D eigenvalue weighted by Gasteiger charge is 2.30. The van der Waals surface area contributed by atoms with Gasteiger partial charge in [-0.15, -0.1) is 0 Å². The fraction of sp³-hybridized carbons (Fsp3) is 0.529. The van der Waals surface area contributed by atoms with Gasteiger partial charge in [-0.1, -0.05) is 17.7 Å². The molecule has 1 saturated heterocycles. The molecule has 1 fully saturated rings. The van der Waals surface area contributed by atoms with E-state index in [1.807, 2.05) is 0 Å². The number of carbonyl (C=O) groups is 2. The Morgan fingerprint density at radius 3 is 2.79 bits per heavy atom. The molecule has 1 aromatic rings. The van der Waals surface area contributed by atoms with Crippen LogP contribution in [0.3, 0.4) is 0 Å². The third kappa shape index (κ3) is 5.11. The van der Waals surface area contributed by atoms with Crippen molar-refractivity contribution in [1.29, 1.82) is 0 Å². The SMILES string of the molecule is Cc1c(Cl)cccc1OCC(=O)NCC(C(=O)O)C1CCOCC1. The summed E-state index contributed by atoms with van der Waals surface area (Å²) in [7, 11) is 0. The van der Waals surface area contributed by atoms with Crippen LogP contribution in [-0.2, 0) is 14.3 Å². The smallest absolute Gasteiger partial charge is 0.308 e. The molecule has 1 aliphatic heterocycles. The van der Waals surface area contributed by atoms with Gasteiger partial charge in [0.15, 0.2) is 6.61 Å². The fourth-order valence-corrected chi connectivity index (χ4v) is 2.90. The Morgan fingerprint density at radius 1 is 1.42 bits per heavy atom. The van der Waals surface area contributed by atoms with E-state index in [-0.39, 0.29) is 25.0 Å². The van der Waals surface area contributed by atoms with Crippen molar-refractivity contribution < 1.29 is 24.2 Å². The van der Waals surface area contributed by atoms with Gasteiger partial charge in [-0.05, 0) is 37.8 Å². The number of aliphatic carboxylic acids is 1. The first-order valence-electron chi connectivity index (χ1n) is 7.94. The van der Waals surface area contributed by atoms with E-state index in [4.69, 9.17) is 21.1 Å². The van der Waals surface area contributed by atoms with Gasteiger partial charge >= 0.3 is 5.97 Å². The first kappa shape index (κ1) is 18.5. The second kappa shape index (κ2) is 8.89. The van der Waals surface area contributed by atoms with Crippen LogP contribution in [0.15, 0.2) is 18.2 Å². The molecule has 0 aromatic heterocycles. The number of halogens is 1. The zero-order valence-corrected chi connectivity index (χ0v) is 14.3. The Hall–Kier alpha value is -1.79. The van der Waals surface area contributed by atoms with Gasteiger partial charge in [0.05, 0.1) is 5.92 Å². The molecule has 0 spiro atoms. The van der Waals surface area contributed by atoms with Crippen molar-refractivity contribution in [2.24, 2.45) is 11.8 Å². The van der Waals surface area contributed by atoms with Crippen molar-refractivity contribution in [3.63, 3.8) is 0 Å². The van der Waals surface area contributed by atoms with Crippen LogP contribution >= 0.6 is 11.6 Å². The number of rotatable bonds is 7. The van der Waals surface area contributed by atoms with Crippen molar-refractivity contribution in [2.75, 3.05) is 26.4 Å². The van der Waals surface area contributed by atoms with Crippen molar-refractivity contribution in [3.05, 3.63) is 28.8 Å². The number of hydrogen-bond donors (Lipinski definition) is 2. The summed E-state index contributed by atoms with van der Waals surface area (Å²) in [5.74, 6) is -1.29. The largest absolute Gasteiger partial charge is 0.483 e. The minimum atomic E-state index is -0.895. The predicted octanol–water partition coefficient (Wildman–Crippen LogP) is 2.27. The highest BCUT2D eigenvalue weighted by atomic mass is 35.5. The lowest BCUT2D eigenvalue weighted by molar-refractivity contribution is -0.145. The molecule has 6 nitrogen and oxygen atoms in total. The summed E-state index contributed by atoms with van der Waals surface area (Å²) < 4.78 is 10.7. The molecule has 1 atom stereocenters. The number of hydrogen-bond acceptors (Lipinski definition) is 4. The van der Waals surface area contributed by atoms with Crippen LogP contribution in [0.4, 0.5) is 0 Å². The first-order valence-corrected chi connectivity index (χ1v) is 8.32. The van der Waals surface area contributed by atoms with E-state index in [0.29, 0.717) is 36.8 Å². The maximum atomic E-state index is 11.9. The fourth-order valence-electron chi connectivity index (χ4n) is 2.74. The highest BCUT2D eigenvalue weighted by molar-refractivity contribution is 6.31. The summed E-state index contributed by atoms with van der Waals surface area (Å²) >= 11 is 6.00. The van der Waals surface area contributed by atoms with Crippen LogP contribution < -0.4 is 10.1 Å². The van der Waals surface area contributed by atoms with E-state index in [2.05, 4.69) is 5.32 Å². The Morgan fingerprint density at radius 2 is 2.12 bits per heavy atom. The Kier molecular flexibility index (Phi) is 6.87. The van der Waals surface area contributed by atoms with E-state index in [0.717, 1.165) is 5.56 Å². The lowest BCUT2D eigenvalue weighted by Crippen LogP contribution is -2.40. The summed E-state index contributed by atoms with van der Waals surface area (Å²) in [5.41, 5.74) is 0.762. The maximum absolute atomic E-state index is 11.9. The number of nitrogens with one attached hydrogen (secondary N) is 1. The number of ether oxygens (including phenoxy) is 2. The van der Waals surface area contributed by atoms with Gasteiger partial charge in [-0.2, -0.15) is 0 Å². The average molecular weight is 356 g/mol. The van der Waals surface area contributed by atoms with Crippen LogP contribution in [0.1, 0.15) is 18.4 Å². The van der Waals surface area contributed by atoms with E-state index in [9.17, 15) is 14.7 Å². The molecule has 0 bridgehead atoms. The third-order valence-electron chi connectivity index (χ3n) is 4.25. The number of amides is 1. The van der Waals surface area contributed by atoms with Gasteiger partial charge in [-0.25, -0.2) is 0 Å². The quantitative estimate of drug-likeness (QED) is 0.783. The number of benzene rings is 1. The van der Waals surface area contributed by atoms with Crippen molar-refractivity contribution in [3.8, 4) is 5.75 Å². The first-order chi connectivity index (χ1) is 11.5. The zero-order valence-electron chi connectivity index (χ0n) is 13.6. The molecule has 24 heavy (non-hydrogen) atoms. The minimum absolute atomic E-state index is 0.0210.